The highest BCUT2D eigenvalue weighted by Gasteiger charge is 2.42. The summed E-state index contributed by atoms with van der Waals surface area (Å²) in [4.78, 5) is 0. The Morgan fingerprint density at radius 2 is 1.09 bits per heavy atom. The van der Waals surface area contributed by atoms with Gasteiger partial charge in [-0.3, -0.25) is 0 Å². The number of hydrogen-bond acceptors (Lipinski definition) is 2. The van der Waals surface area contributed by atoms with Gasteiger partial charge in [0.2, 0.25) is 5.75 Å². The van der Waals surface area contributed by atoms with Crippen LogP contribution >= 0.6 is 0 Å². The molecule has 0 saturated heterocycles. The van der Waals surface area contributed by atoms with E-state index >= 15 is 0 Å². The predicted molar refractivity (Wildman–Crippen MR) is 138 cm³/mol. The Balaban J connectivity index is 1.45. The number of ether oxygens (including phenoxy) is 2. The molecule has 0 N–H and O–H groups in total. The maximum absolute atomic E-state index is 14.7. The van der Waals surface area contributed by atoms with Crippen molar-refractivity contribution in [2.75, 3.05) is 0 Å². The molecule has 13 heteroatoms. The normalized spacial score (nSPS) is 12.6. The summed E-state index contributed by atoms with van der Waals surface area (Å²) in [5.41, 5.74) is 0.356. The summed E-state index contributed by atoms with van der Waals surface area (Å²) in [6.45, 7) is 1.00. The Hall–Kier alpha value is -4.55. The van der Waals surface area contributed by atoms with Gasteiger partial charge in [-0.2, -0.15) is 8.78 Å². The number of allylic oxidation sites excluding steroid dienone is 1. The first kappa shape index (κ1) is 32.4. The van der Waals surface area contributed by atoms with Crippen LogP contribution in [-0.4, -0.2) is 6.36 Å². The minimum atomic E-state index is -5.49. The lowest BCUT2D eigenvalue weighted by atomic mass is 9.98. The van der Waals surface area contributed by atoms with Gasteiger partial charge in [0.05, 0.1) is 0 Å². The summed E-state index contributed by atoms with van der Waals surface area (Å²) in [5, 5.41) is 0. The summed E-state index contributed by atoms with van der Waals surface area (Å²) in [7, 11) is 0. The fraction of sp³-hybridized carbons (Fsp3) is 0.161. The van der Waals surface area contributed by atoms with E-state index in [4.69, 9.17) is 0 Å². The van der Waals surface area contributed by atoms with E-state index in [-0.39, 0.29) is 36.1 Å². The Morgan fingerprint density at radius 3 is 1.57 bits per heavy atom. The van der Waals surface area contributed by atoms with Crippen LogP contribution in [0.4, 0.5) is 48.3 Å². The zero-order valence-electron chi connectivity index (χ0n) is 22.3. The smallest absolute Gasteiger partial charge is 0.429 e. The largest absolute Gasteiger partial charge is 0.573 e. The minimum absolute atomic E-state index is 0.0109. The number of alkyl halides is 5. The summed E-state index contributed by atoms with van der Waals surface area (Å²) >= 11 is 0. The SMILES string of the molecule is C/C(F)=C(\F)c1ccc(-c2ccc(CCc3cc(F)c(C(F)(F)Oc4cc(F)c(OC(F)(F)F)c(F)c4)c(F)c3)cc2)cc1. The van der Waals surface area contributed by atoms with Crippen molar-refractivity contribution in [1.29, 1.82) is 0 Å². The highest BCUT2D eigenvalue weighted by Crippen LogP contribution is 2.38. The molecular formula is C31H19F11O2. The first-order valence-corrected chi connectivity index (χ1v) is 12.6. The van der Waals surface area contributed by atoms with Gasteiger partial charge in [-0.05, 0) is 54.2 Å². The average molecular weight is 632 g/mol. The predicted octanol–water partition coefficient (Wildman–Crippen LogP) is 10.3. The fourth-order valence-corrected chi connectivity index (χ4v) is 4.22. The van der Waals surface area contributed by atoms with Crippen LogP contribution < -0.4 is 9.47 Å². The van der Waals surface area contributed by atoms with E-state index in [9.17, 15) is 48.3 Å². The third-order valence-corrected chi connectivity index (χ3v) is 6.26. The van der Waals surface area contributed by atoms with E-state index in [1.165, 1.54) is 12.1 Å². The molecule has 0 aliphatic heterocycles. The molecule has 0 amide bonds. The standard InChI is InChI=1S/C31H19F11O2/c1-16(32)28(37)21-10-8-20(9-11-21)19-6-4-17(5-7-19)2-3-18-12-23(33)27(24(34)13-18)30(38,39)43-22-14-25(35)29(26(36)15-22)44-31(40,41)42/h4-15H,2-3H2,1H3/b28-16+. The quantitative estimate of drug-likeness (QED) is 0.171. The Kier molecular flexibility index (Phi) is 9.26. The lowest BCUT2D eigenvalue weighted by Gasteiger charge is -2.20. The van der Waals surface area contributed by atoms with Gasteiger partial charge in [-0.1, -0.05) is 48.5 Å². The lowest BCUT2D eigenvalue weighted by molar-refractivity contribution is -0.276. The first-order chi connectivity index (χ1) is 20.5. The number of rotatable bonds is 9. The minimum Gasteiger partial charge on any atom is -0.429 e. The molecule has 232 valence electrons. The van der Waals surface area contributed by atoms with E-state index < -0.39 is 64.5 Å². The van der Waals surface area contributed by atoms with Crippen molar-refractivity contribution in [2.45, 2.75) is 32.2 Å². The molecule has 0 unspecified atom stereocenters. The van der Waals surface area contributed by atoms with Crippen molar-refractivity contribution in [3.63, 3.8) is 0 Å². The van der Waals surface area contributed by atoms with E-state index in [0.29, 0.717) is 23.3 Å². The van der Waals surface area contributed by atoms with Crippen LogP contribution in [0.2, 0.25) is 0 Å². The molecule has 0 fully saturated rings. The number of hydrogen-bond donors (Lipinski definition) is 0. The molecule has 44 heavy (non-hydrogen) atoms. The van der Waals surface area contributed by atoms with Crippen LogP contribution in [0.15, 0.2) is 78.6 Å². The molecule has 0 bridgehead atoms. The van der Waals surface area contributed by atoms with E-state index in [1.807, 2.05) is 0 Å². The summed E-state index contributed by atoms with van der Waals surface area (Å²) < 4.78 is 157. The second kappa shape index (κ2) is 12.6. The monoisotopic (exact) mass is 632 g/mol. The van der Waals surface area contributed by atoms with Gasteiger partial charge in [-0.15, -0.1) is 13.2 Å². The van der Waals surface area contributed by atoms with Crippen LogP contribution in [0.25, 0.3) is 17.0 Å². The maximum atomic E-state index is 14.7. The van der Waals surface area contributed by atoms with Crippen LogP contribution in [0.3, 0.4) is 0 Å². The summed E-state index contributed by atoms with van der Waals surface area (Å²) in [5.74, 6) is -12.8. The second-order valence-electron chi connectivity index (χ2n) is 9.44. The van der Waals surface area contributed by atoms with E-state index in [1.54, 1.807) is 36.4 Å². The van der Waals surface area contributed by atoms with Gasteiger partial charge in [0.25, 0.3) is 0 Å². The lowest BCUT2D eigenvalue weighted by Crippen LogP contribution is -2.26. The molecule has 0 spiro atoms. The van der Waals surface area contributed by atoms with Gasteiger partial charge in [0.1, 0.15) is 28.8 Å². The molecule has 4 rings (SSSR count). The van der Waals surface area contributed by atoms with Gasteiger partial charge < -0.3 is 9.47 Å². The van der Waals surface area contributed by atoms with Crippen LogP contribution in [0.1, 0.15) is 29.2 Å². The van der Waals surface area contributed by atoms with Crippen molar-refractivity contribution in [3.8, 4) is 22.6 Å². The fourth-order valence-electron chi connectivity index (χ4n) is 4.22. The van der Waals surface area contributed by atoms with Crippen LogP contribution in [0.5, 0.6) is 11.5 Å². The summed E-state index contributed by atoms with van der Waals surface area (Å²) in [6, 6.07) is 14.0. The molecule has 4 aromatic rings. The molecule has 4 aromatic carbocycles. The number of halogens is 11. The topological polar surface area (TPSA) is 18.5 Å². The van der Waals surface area contributed by atoms with Crippen molar-refractivity contribution < 1.29 is 57.8 Å². The molecular weight excluding hydrogens is 613 g/mol. The number of aryl methyl sites for hydroxylation is 2. The average Bonchev–Trinajstić information content (AvgIpc) is 2.92. The van der Waals surface area contributed by atoms with Crippen LogP contribution in [0, 0.1) is 23.3 Å². The highest BCUT2D eigenvalue weighted by atomic mass is 19.4. The maximum Gasteiger partial charge on any atom is 0.573 e. The van der Waals surface area contributed by atoms with Crippen molar-refractivity contribution in [1.82, 2.24) is 0 Å². The first-order valence-electron chi connectivity index (χ1n) is 12.6. The molecule has 0 aromatic heterocycles. The molecule has 0 radical (unpaired) electrons. The third-order valence-electron chi connectivity index (χ3n) is 6.26. The van der Waals surface area contributed by atoms with Crippen LogP contribution in [-0.2, 0) is 19.0 Å². The molecule has 0 aliphatic rings. The second-order valence-corrected chi connectivity index (χ2v) is 9.44. The van der Waals surface area contributed by atoms with Crippen molar-refractivity contribution in [3.05, 3.63) is 124 Å². The molecule has 0 saturated carbocycles. The van der Waals surface area contributed by atoms with E-state index in [0.717, 1.165) is 12.5 Å². The molecule has 2 nitrogen and oxygen atoms in total. The molecule has 0 atom stereocenters. The highest BCUT2D eigenvalue weighted by molar-refractivity contribution is 5.68. The zero-order chi connectivity index (χ0) is 32.4. The summed E-state index contributed by atoms with van der Waals surface area (Å²) in [6.07, 6.45) is -10.1. The Bertz CT molecular complexity index is 1630. The van der Waals surface area contributed by atoms with Gasteiger partial charge in [-0.25, -0.2) is 26.3 Å². The third kappa shape index (κ3) is 7.69. The Morgan fingerprint density at radius 1 is 0.614 bits per heavy atom. The Labute approximate surface area is 243 Å². The van der Waals surface area contributed by atoms with Gasteiger partial charge in [0, 0.05) is 17.7 Å². The number of benzene rings is 4. The van der Waals surface area contributed by atoms with Gasteiger partial charge >= 0.3 is 12.5 Å². The zero-order valence-corrected chi connectivity index (χ0v) is 22.3. The van der Waals surface area contributed by atoms with E-state index in [2.05, 4.69) is 9.47 Å². The molecule has 0 heterocycles. The molecule has 0 aliphatic carbocycles. The van der Waals surface area contributed by atoms with Gasteiger partial charge in [0.15, 0.2) is 17.5 Å². The van der Waals surface area contributed by atoms with Crippen molar-refractivity contribution >= 4 is 5.83 Å². The van der Waals surface area contributed by atoms with Crippen molar-refractivity contribution in [2.24, 2.45) is 0 Å².